The highest BCUT2D eigenvalue weighted by Gasteiger charge is 2.48. The first-order chi connectivity index (χ1) is 18.2. The van der Waals surface area contributed by atoms with Gasteiger partial charge in [0.25, 0.3) is 5.91 Å². The SMILES string of the molecule is CC(C)COc1c(C(=O)NC2C3CC4CC(C3)CC2C4)cnn1/C=C/C(C)(C)C(=O)NCC1CCNCC1. The molecule has 6 rings (SSSR count). The molecule has 0 spiro atoms. The molecular formula is C30H47N5O3. The van der Waals surface area contributed by atoms with Gasteiger partial charge < -0.3 is 20.7 Å². The molecule has 0 aromatic carbocycles. The molecule has 0 unspecified atom stereocenters. The van der Waals surface area contributed by atoms with Gasteiger partial charge in [-0.3, -0.25) is 9.59 Å². The molecule has 8 nitrogen and oxygen atoms in total. The van der Waals surface area contributed by atoms with Crippen LogP contribution < -0.4 is 20.7 Å². The Morgan fingerprint density at radius 1 is 1.13 bits per heavy atom. The number of amides is 2. The molecular weight excluding hydrogens is 478 g/mol. The number of carbonyl (C=O) groups is 2. The summed E-state index contributed by atoms with van der Waals surface area (Å²) in [6.07, 6.45) is 13.8. The van der Waals surface area contributed by atoms with Crippen LogP contribution >= 0.6 is 0 Å². The molecule has 2 heterocycles. The first kappa shape index (κ1) is 27.2. The third kappa shape index (κ3) is 6.11. The lowest BCUT2D eigenvalue weighted by molar-refractivity contribution is -0.127. The Morgan fingerprint density at radius 3 is 2.42 bits per heavy atom. The molecule has 4 bridgehead atoms. The fourth-order valence-corrected chi connectivity index (χ4v) is 7.28. The smallest absolute Gasteiger partial charge is 0.258 e. The quantitative estimate of drug-likeness (QED) is 0.428. The molecule has 0 atom stereocenters. The highest BCUT2D eigenvalue weighted by molar-refractivity contribution is 5.96. The summed E-state index contributed by atoms with van der Waals surface area (Å²) in [4.78, 5) is 26.5. The lowest BCUT2D eigenvalue weighted by atomic mass is 9.54. The highest BCUT2D eigenvalue weighted by Crippen LogP contribution is 2.53. The molecule has 4 saturated carbocycles. The Hall–Kier alpha value is -2.35. The van der Waals surface area contributed by atoms with Crippen LogP contribution in [0, 0.1) is 40.9 Å². The average molecular weight is 526 g/mol. The minimum Gasteiger partial charge on any atom is -0.477 e. The fourth-order valence-electron chi connectivity index (χ4n) is 7.28. The zero-order valence-electron chi connectivity index (χ0n) is 23.7. The van der Waals surface area contributed by atoms with Gasteiger partial charge in [-0.1, -0.05) is 19.9 Å². The van der Waals surface area contributed by atoms with E-state index < -0.39 is 5.41 Å². The molecule has 5 fully saturated rings. The highest BCUT2D eigenvalue weighted by atomic mass is 16.5. The monoisotopic (exact) mass is 525 g/mol. The van der Waals surface area contributed by atoms with E-state index in [1.165, 1.54) is 32.1 Å². The van der Waals surface area contributed by atoms with Crippen molar-refractivity contribution < 1.29 is 14.3 Å². The minimum absolute atomic E-state index is 0.0102. The van der Waals surface area contributed by atoms with Crippen molar-refractivity contribution in [1.29, 1.82) is 0 Å². The summed E-state index contributed by atoms with van der Waals surface area (Å²) in [6, 6.07) is 0.259. The Balaban J connectivity index is 1.26. The third-order valence-corrected chi connectivity index (χ3v) is 9.30. The van der Waals surface area contributed by atoms with Crippen molar-refractivity contribution in [2.75, 3.05) is 26.2 Å². The fraction of sp³-hybridized carbons (Fsp3) is 0.767. The number of rotatable bonds is 10. The molecule has 4 aliphatic carbocycles. The number of nitrogens with one attached hydrogen (secondary N) is 3. The van der Waals surface area contributed by atoms with Gasteiger partial charge in [0.05, 0.1) is 18.2 Å². The van der Waals surface area contributed by atoms with E-state index in [9.17, 15) is 9.59 Å². The van der Waals surface area contributed by atoms with Crippen LogP contribution in [-0.2, 0) is 4.79 Å². The Morgan fingerprint density at radius 2 is 1.79 bits per heavy atom. The number of hydrogen-bond donors (Lipinski definition) is 3. The number of hydrogen-bond acceptors (Lipinski definition) is 5. The maximum atomic E-state index is 13.5. The Kier molecular flexibility index (Phi) is 8.17. The molecule has 5 aliphatic rings. The van der Waals surface area contributed by atoms with Crippen LogP contribution in [0.15, 0.2) is 12.3 Å². The molecule has 2 amide bonds. The molecule has 0 radical (unpaired) electrons. The first-order valence-electron chi connectivity index (χ1n) is 14.9. The summed E-state index contributed by atoms with van der Waals surface area (Å²) in [5.74, 6) is 4.11. The summed E-state index contributed by atoms with van der Waals surface area (Å²) < 4.78 is 7.74. The van der Waals surface area contributed by atoms with Crippen LogP contribution in [0.5, 0.6) is 5.88 Å². The van der Waals surface area contributed by atoms with Gasteiger partial charge in [0.15, 0.2) is 0 Å². The van der Waals surface area contributed by atoms with E-state index >= 15 is 0 Å². The third-order valence-electron chi connectivity index (χ3n) is 9.30. The van der Waals surface area contributed by atoms with Gasteiger partial charge in [-0.05, 0) is 107 Å². The summed E-state index contributed by atoms with van der Waals surface area (Å²) in [5, 5.41) is 14.4. The number of aromatic nitrogens is 2. The van der Waals surface area contributed by atoms with Crippen LogP contribution in [0.1, 0.15) is 83.0 Å². The van der Waals surface area contributed by atoms with Crippen molar-refractivity contribution in [3.05, 3.63) is 17.8 Å². The van der Waals surface area contributed by atoms with Gasteiger partial charge in [0.1, 0.15) is 5.56 Å². The zero-order chi connectivity index (χ0) is 26.9. The molecule has 1 saturated heterocycles. The summed E-state index contributed by atoms with van der Waals surface area (Å²) in [5.41, 5.74) is -0.256. The number of piperidine rings is 1. The summed E-state index contributed by atoms with van der Waals surface area (Å²) in [7, 11) is 0. The van der Waals surface area contributed by atoms with E-state index in [-0.39, 0.29) is 17.9 Å². The second kappa shape index (κ2) is 11.4. The second-order valence-corrected chi connectivity index (χ2v) is 13.4. The van der Waals surface area contributed by atoms with Gasteiger partial charge in [-0.2, -0.15) is 5.10 Å². The topological polar surface area (TPSA) is 97.3 Å². The zero-order valence-corrected chi connectivity index (χ0v) is 23.7. The van der Waals surface area contributed by atoms with E-state index in [4.69, 9.17) is 4.74 Å². The van der Waals surface area contributed by atoms with Gasteiger partial charge in [0, 0.05) is 18.8 Å². The van der Waals surface area contributed by atoms with Crippen LogP contribution in [0.3, 0.4) is 0 Å². The molecule has 210 valence electrons. The maximum Gasteiger partial charge on any atom is 0.258 e. The van der Waals surface area contributed by atoms with Crippen molar-refractivity contribution in [1.82, 2.24) is 25.7 Å². The molecule has 3 N–H and O–H groups in total. The van der Waals surface area contributed by atoms with Crippen molar-refractivity contribution in [2.45, 2.75) is 78.7 Å². The molecule has 38 heavy (non-hydrogen) atoms. The van der Waals surface area contributed by atoms with E-state index in [0.717, 1.165) is 37.8 Å². The summed E-state index contributed by atoms with van der Waals surface area (Å²) in [6.45, 7) is 11.2. The van der Waals surface area contributed by atoms with Crippen LogP contribution in [-0.4, -0.2) is 53.9 Å². The van der Waals surface area contributed by atoms with E-state index in [2.05, 4.69) is 34.9 Å². The van der Waals surface area contributed by atoms with E-state index in [0.29, 0.717) is 48.3 Å². The number of carbonyl (C=O) groups excluding carboxylic acids is 2. The standard InChI is InChI=1S/C30H47N5O3/c1-19(2)18-38-28-25(27(36)34-26-23-12-21-11-22(14-23)15-24(26)13-21)17-33-35(28)10-7-30(3,4)29(37)32-16-20-5-8-31-9-6-20/h7,10,17,19-24,26,31H,5-6,8-9,11-16,18H2,1-4H3,(H,32,37)(H,34,36)/b10-7+. The predicted molar refractivity (Wildman–Crippen MR) is 149 cm³/mol. The van der Waals surface area contributed by atoms with Crippen LogP contribution in [0.25, 0.3) is 6.20 Å². The maximum absolute atomic E-state index is 13.5. The summed E-state index contributed by atoms with van der Waals surface area (Å²) >= 11 is 0. The second-order valence-electron chi connectivity index (χ2n) is 13.4. The number of nitrogens with zero attached hydrogens (tertiary/aromatic N) is 2. The van der Waals surface area contributed by atoms with Gasteiger partial charge in [-0.25, -0.2) is 4.68 Å². The lowest BCUT2D eigenvalue weighted by Gasteiger charge is -2.54. The molecule has 1 aromatic heterocycles. The molecule has 1 aromatic rings. The average Bonchev–Trinajstić information content (AvgIpc) is 3.30. The van der Waals surface area contributed by atoms with Crippen molar-refractivity contribution >= 4 is 18.0 Å². The van der Waals surface area contributed by atoms with E-state index in [1.54, 1.807) is 17.1 Å². The normalized spacial score (nSPS) is 29.2. The van der Waals surface area contributed by atoms with Crippen LogP contribution in [0.4, 0.5) is 0 Å². The van der Waals surface area contributed by atoms with E-state index in [1.807, 2.05) is 19.9 Å². The Labute approximate surface area is 227 Å². The van der Waals surface area contributed by atoms with Crippen molar-refractivity contribution in [3.8, 4) is 5.88 Å². The minimum atomic E-state index is -0.725. The molecule has 8 heteroatoms. The van der Waals surface area contributed by atoms with Crippen molar-refractivity contribution in [3.63, 3.8) is 0 Å². The number of ether oxygens (including phenoxy) is 1. The lowest BCUT2D eigenvalue weighted by Crippen LogP contribution is -2.55. The van der Waals surface area contributed by atoms with Crippen molar-refractivity contribution in [2.24, 2.45) is 40.9 Å². The Bertz CT molecular complexity index is 995. The van der Waals surface area contributed by atoms with Gasteiger partial charge >= 0.3 is 0 Å². The van der Waals surface area contributed by atoms with Crippen LogP contribution in [0.2, 0.25) is 0 Å². The predicted octanol–water partition coefficient (Wildman–Crippen LogP) is 4.09. The first-order valence-corrected chi connectivity index (χ1v) is 14.9. The van der Waals surface area contributed by atoms with Gasteiger partial charge in [-0.15, -0.1) is 0 Å². The largest absolute Gasteiger partial charge is 0.477 e. The molecule has 1 aliphatic heterocycles. The van der Waals surface area contributed by atoms with Gasteiger partial charge in [0.2, 0.25) is 11.8 Å².